The van der Waals surface area contributed by atoms with Crippen molar-refractivity contribution in [3.8, 4) is 0 Å². The minimum atomic E-state index is -0.500. The Balaban J connectivity index is 2.05. The minimum Gasteiger partial charge on any atom is -0.805 e. The number of carbonyl (C=O) groups excluding carboxylic acids is 1. The lowest BCUT2D eigenvalue weighted by Gasteiger charge is -2.15. The quantitative estimate of drug-likeness (QED) is 0.617. The molecule has 0 bridgehead atoms. The highest BCUT2D eigenvalue weighted by Crippen LogP contribution is 2.15. The number of hydrazone groups is 1. The SMILES string of the molecule is Cc1c(C)[n+](=O)c2ccc(C=NN3CCOC3=O)cc2n1[O-]. The molecule has 0 unspecified atom stereocenters. The number of rotatable bonds is 2. The van der Waals surface area contributed by atoms with Gasteiger partial charge in [0, 0.05) is 17.9 Å². The summed E-state index contributed by atoms with van der Waals surface area (Å²) < 4.78 is 6.22. The first-order valence-corrected chi connectivity index (χ1v) is 6.73. The normalized spacial score (nSPS) is 15.0. The van der Waals surface area contributed by atoms with E-state index in [9.17, 15) is 14.9 Å². The molecular weight excluding hydrogens is 288 g/mol. The van der Waals surface area contributed by atoms with Crippen LogP contribution in [-0.4, -0.2) is 35.2 Å². The van der Waals surface area contributed by atoms with E-state index in [4.69, 9.17) is 4.74 Å². The van der Waals surface area contributed by atoms with E-state index in [1.54, 1.807) is 32.0 Å². The molecule has 1 fully saturated rings. The second kappa shape index (κ2) is 5.14. The van der Waals surface area contributed by atoms with E-state index in [-0.39, 0.29) is 11.0 Å². The predicted molar refractivity (Wildman–Crippen MR) is 79.2 cm³/mol. The number of hydrogen-bond donors (Lipinski definition) is 0. The number of ether oxygens (including phenoxy) is 1. The molecule has 2 heterocycles. The number of nitrogens with zero attached hydrogens (tertiary/aromatic N) is 4. The molecule has 2 aromatic rings. The molecule has 1 aliphatic rings. The fourth-order valence-corrected chi connectivity index (χ4v) is 2.24. The Morgan fingerprint density at radius 3 is 2.86 bits per heavy atom. The third-order valence-electron chi connectivity index (χ3n) is 3.66. The fraction of sp³-hybridized carbons (Fsp3) is 0.286. The maximum Gasteiger partial charge on any atom is 0.430 e. The van der Waals surface area contributed by atoms with Crippen molar-refractivity contribution in [1.29, 1.82) is 0 Å². The maximum atomic E-state index is 12.2. The van der Waals surface area contributed by atoms with Crippen LogP contribution < -0.4 is 4.43 Å². The van der Waals surface area contributed by atoms with E-state index < -0.39 is 6.09 Å². The summed E-state index contributed by atoms with van der Waals surface area (Å²) in [5.74, 6) is 0. The van der Waals surface area contributed by atoms with Gasteiger partial charge in [0.05, 0.1) is 22.9 Å². The molecule has 22 heavy (non-hydrogen) atoms. The van der Waals surface area contributed by atoms with Crippen LogP contribution in [0.4, 0.5) is 4.79 Å². The van der Waals surface area contributed by atoms with Gasteiger partial charge in [0.1, 0.15) is 12.1 Å². The Morgan fingerprint density at radius 2 is 2.18 bits per heavy atom. The van der Waals surface area contributed by atoms with E-state index in [0.29, 0.717) is 30.1 Å². The van der Waals surface area contributed by atoms with Crippen LogP contribution in [0, 0.1) is 24.0 Å². The molecule has 1 aliphatic heterocycles. The van der Waals surface area contributed by atoms with E-state index >= 15 is 0 Å². The molecular formula is C14H14N4O4. The first kappa shape index (κ1) is 14.1. The molecule has 8 heteroatoms. The molecule has 0 radical (unpaired) electrons. The van der Waals surface area contributed by atoms with E-state index in [1.807, 2.05) is 0 Å². The lowest BCUT2D eigenvalue weighted by Crippen LogP contribution is -2.24. The zero-order valence-electron chi connectivity index (χ0n) is 12.1. The number of amides is 1. The van der Waals surface area contributed by atoms with Gasteiger partial charge in [0.2, 0.25) is 0 Å². The largest absolute Gasteiger partial charge is 0.805 e. The van der Waals surface area contributed by atoms with E-state index in [2.05, 4.69) is 5.10 Å². The van der Waals surface area contributed by atoms with Crippen molar-refractivity contribution in [2.24, 2.45) is 5.10 Å². The Morgan fingerprint density at radius 1 is 1.41 bits per heavy atom. The van der Waals surface area contributed by atoms with Crippen molar-refractivity contribution in [2.75, 3.05) is 13.2 Å². The van der Waals surface area contributed by atoms with Crippen molar-refractivity contribution >= 4 is 23.3 Å². The van der Waals surface area contributed by atoms with Crippen LogP contribution in [0.25, 0.3) is 11.0 Å². The maximum absolute atomic E-state index is 12.2. The predicted octanol–water partition coefficient (Wildman–Crippen LogP) is 1.30. The van der Waals surface area contributed by atoms with Crippen LogP contribution >= 0.6 is 0 Å². The highest BCUT2D eigenvalue weighted by atomic mass is 16.6. The van der Waals surface area contributed by atoms with Gasteiger partial charge in [-0.3, -0.25) is 0 Å². The average molecular weight is 302 g/mol. The molecule has 1 saturated heterocycles. The van der Waals surface area contributed by atoms with Gasteiger partial charge in [-0.15, -0.1) is 0 Å². The van der Waals surface area contributed by atoms with Crippen molar-refractivity contribution in [1.82, 2.24) is 9.74 Å². The molecule has 1 aromatic carbocycles. The fourth-order valence-electron chi connectivity index (χ4n) is 2.24. The van der Waals surface area contributed by atoms with Crippen molar-refractivity contribution in [3.05, 3.63) is 45.3 Å². The van der Waals surface area contributed by atoms with Crippen molar-refractivity contribution < 1.29 is 14.0 Å². The van der Waals surface area contributed by atoms with Crippen LogP contribution in [0.15, 0.2) is 23.3 Å². The van der Waals surface area contributed by atoms with Crippen LogP contribution in [-0.2, 0) is 4.74 Å². The van der Waals surface area contributed by atoms with Gasteiger partial charge < -0.3 is 14.7 Å². The third-order valence-corrected chi connectivity index (χ3v) is 3.66. The molecule has 3 rings (SSSR count). The summed E-state index contributed by atoms with van der Waals surface area (Å²) in [6, 6.07) is 4.79. The first-order chi connectivity index (χ1) is 10.5. The topological polar surface area (TPSA) is 92.9 Å². The van der Waals surface area contributed by atoms with Crippen molar-refractivity contribution in [3.63, 3.8) is 0 Å². The van der Waals surface area contributed by atoms with Crippen LogP contribution in [0.3, 0.4) is 0 Å². The van der Waals surface area contributed by atoms with Gasteiger partial charge in [0.25, 0.3) is 11.2 Å². The number of hydrogen-bond acceptors (Lipinski definition) is 5. The van der Waals surface area contributed by atoms with Gasteiger partial charge in [-0.25, -0.2) is 4.79 Å². The lowest BCUT2D eigenvalue weighted by atomic mass is 10.2. The van der Waals surface area contributed by atoms with Crippen LogP contribution in [0.1, 0.15) is 17.0 Å². The summed E-state index contributed by atoms with van der Waals surface area (Å²) in [7, 11) is 0. The molecule has 0 N–H and O–H groups in total. The standard InChI is InChI=1S/C14H14N4O4/c1-9-10(2)18(21)13-7-11(3-4-12(13)17(9)20)8-15-16-5-6-22-14(16)19/h3-4,7-8H,5-6H2,1-2H3. The molecule has 0 saturated carbocycles. The summed E-state index contributed by atoms with van der Waals surface area (Å²) in [6.07, 6.45) is 0.955. The van der Waals surface area contributed by atoms with Gasteiger partial charge in [-0.2, -0.15) is 10.1 Å². The van der Waals surface area contributed by atoms with Crippen LogP contribution in [0.5, 0.6) is 0 Å². The molecule has 0 spiro atoms. The Bertz CT molecular complexity index is 856. The molecule has 1 aromatic heterocycles. The number of carbonyl (C=O) groups is 1. The Hall–Kier alpha value is -2.90. The monoisotopic (exact) mass is 302 g/mol. The highest BCUT2D eigenvalue weighted by molar-refractivity contribution is 5.87. The zero-order chi connectivity index (χ0) is 15.9. The second-order valence-corrected chi connectivity index (χ2v) is 4.99. The van der Waals surface area contributed by atoms with Gasteiger partial charge in [0.15, 0.2) is 0 Å². The molecule has 0 aliphatic carbocycles. The second-order valence-electron chi connectivity index (χ2n) is 4.99. The number of fused-ring (bicyclic) bond motifs is 1. The molecule has 114 valence electrons. The summed E-state index contributed by atoms with van der Waals surface area (Å²) in [5.41, 5.74) is 1.87. The van der Waals surface area contributed by atoms with Gasteiger partial charge in [-0.1, -0.05) is 0 Å². The zero-order valence-corrected chi connectivity index (χ0v) is 12.1. The van der Waals surface area contributed by atoms with Crippen LogP contribution in [0.2, 0.25) is 0 Å². The first-order valence-electron chi connectivity index (χ1n) is 6.73. The average Bonchev–Trinajstić information content (AvgIpc) is 2.93. The highest BCUT2D eigenvalue weighted by Gasteiger charge is 2.21. The number of benzene rings is 1. The third kappa shape index (κ3) is 2.18. The lowest BCUT2D eigenvalue weighted by molar-refractivity contribution is -0.473. The van der Waals surface area contributed by atoms with Crippen molar-refractivity contribution in [2.45, 2.75) is 13.8 Å². The summed E-state index contributed by atoms with van der Waals surface area (Å²) in [4.78, 5) is 23.4. The summed E-state index contributed by atoms with van der Waals surface area (Å²) in [6.45, 7) is 3.90. The number of cyclic esters (lactones) is 1. The van der Waals surface area contributed by atoms with E-state index in [1.165, 1.54) is 11.2 Å². The van der Waals surface area contributed by atoms with Gasteiger partial charge in [-0.05, 0) is 24.6 Å². The Kier molecular flexibility index (Phi) is 3.28. The summed E-state index contributed by atoms with van der Waals surface area (Å²) >= 11 is 0. The molecule has 0 atom stereocenters. The Labute approximate surface area is 125 Å². The smallest absolute Gasteiger partial charge is 0.430 e. The minimum absolute atomic E-state index is 0.256. The van der Waals surface area contributed by atoms with E-state index in [0.717, 1.165) is 9.16 Å². The van der Waals surface area contributed by atoms with Gasteiger partial charge >= 0.3 is 6.09 Å². The number of aromatic nitrogens is 2. The molecule has 8 nitrogen and oxygen atoms in total. The molecule has 1 amide bonds. The summed E-state index contributed by atoms with van der Waals surface area (Å²) in [5, 5.41) is 17.4.